The molecule has 27 heavy (non-hydrogen) atoms. The van der Waals surface area contributed by atoms with Crippen LogP contribution in [0.15, 0.2) is 57.7 Å². The predicted molar refractivity (Wildman–Crippen MR) is 108 cm³/mol. The molecule has 0 amide bonds. The van der Waals surface area contributed by atoms with E-state index in [1.165, 1.54) is 15.9 Å². The van der Waals surface area contributed by atoms with E-state index in [9.17, 15) is 4.79 Å². The fourth-order valence-corrected chi connectivity index (χ4v) is 4.37. The van der Waals surface area contributed by atoms with E-state index >= 15 is 0 Å². The van der Waals surface area contributed by atoms with E-state index in [2.05, 4.69) is 15.3 Å². The van der Waals surface area contributed by atoms with Crippen molar-refractivity contribution in [2.24, 2.45) is 0 Å². The van der Waals surface area contributed by atoms with Crippen LogP contribution in [0, 0.1) is 0 Å². The Hall–Kier alpha value is -2.42. The monoisotopic (exact) mass is 416 g/mol. The van der Waals surface area contributed by atoms with Crippen LogP contribution in [0.1, 0.15) is 5.56 Å². The lowest BCUT2D eigenvalue weighted by Gasteiger charge is -2.01. The SMILES string of the molecule is COc1ccc(-c2nnc3sc(SCc4ccc(Cl)cc4)nn3c2=O)cc1. The first kappa shape index (κ1) is 18.0. The minimum absolute atomic E-state index is 0.259. The molecule has 0 atom stereocenters. The standard InChI is InChI=1S/C18H13ClN4O2S2/c1-25-14-8-4-12(5-9-14)15-16(24)23-17(21-20-15)27-18(22-23)26-10-11-2-6-13(19)7-3-11/h2-9H,10H2,1H3. The van der Waals surface area contributed by atoms with Crippen LogP contribution in [0.4, 0.5) is 0 Å². The van der Waals surface area contributed by atoms with Crippen LogP contribution in [-0.4, -0.2) is 26.9 Å². The third kappa shape index (κ3) is 3.83. The Kier molecular flexibility index (Phi) is 5.11. The summed E-state index contributed by atoms with van der Waals surface area (Å²) in [6.45, 7) is 0. The quantitative estimate of drug-likeness (QED) is 0.455. The molecular weight excluding hydrogens is 404 g/mol. The number of ether oxygens (including phenoxy) is 1. The summed E-state index contributed by atoms with van der Waals surface area (Å²) in [5, 5.41) is 13.4. The van der Waals surface area contributed by atoms with Gasteiger partial charge in [0.05, 0.1) is 7.11 Å². The first-order chi connectivity index (χ1) is 13.1. The lowest BCUT2D eigenvalue weighted by molar-refractivity contribution is 0.415. The van der Waals surface area contributed by atoms with Crippen LogP contribution in [-0.2, 0) is 5.75 Å². The van der Waals surface area contributed by atoms with Crippen molar-refractivity contribution in [3.05, 3.63) is 69.5 Å². The van der Waals surface area contributed by atoms with Gasteiger partial charge in [-0.3, -0.25) is 4.79 Å². The Balaban J connectivity index is 1.61. The molecule has 0 saturated carbocycles. The molecular formula is C18H13ClN4O2S2. The molecule has 0 aliphatic heterocycles. The average Bonchev–Trinajstić information content (AvgIpc) is 3.12. The highest BCUT2D eigenvalue weighted by Gasteiger charge is 2.14. The highest BCUT2D eigenvalue weighted by molar-refractivity contribution is 8.00. The summed E-state index contributed by atoms with van der Waals surface area (Å²) in [6.07, 6.45) is 0. The van der Waals surface area contributed by atoms with Gasteiger partial charge in [0.25, 0.3) is 0 Å². The molecule has 0 fully saturated rings. The molecule has 4 rings (SSSR count). The summed E-state index contributed by atoms with van der Waals surface area (Å²) in [6, 6.07) is 14.8. The summed E-state index contributed by atoms with van der Waals surface area (Å²) in [4.78, 5) is 13.2. The summed E-state index contributed by atoms with van der Waals surface area (Å²) in [5.41, 5.74) is 1.77. The maximum absolute atomic E-state index is 12.8. The number of methoxy groups -OCH3 is 1. The zero-order valence-electron chi connectivity index (χ0n) is 14.1. The Labute approximate surface area is 167 Å². The molecule has 9 heteroatoms. The first-order valence-electron chi connectivity index (χ1n) is 7.92. The number of benzene rings is 2. The van der Waals surface area contributed by atoms with Gasteiger partial charge in [0.2, 0.25) is 4.96 Å². The van der Waals surface area contributed by atoms with Gasteiger partial charge < -0.3 is 4.74 Å². The molecule has 136 valence electrons. The Morgan fingerprint density at radius 3 is 2.56 bits per heavy atom. The van der Waals surface area contributed by atoms with Crippen molar-refractivity contribution in [1.82, 2.24) is 19.8 Å². The summed E-state index contributed by atoms with van der Waals surface area (Å²) in [7, 11) is 1.59. The van der Waals surface area contributed by atoms with Crippen molar-refractivity contribution < 1.29 is 4.74 Å². The molecule has 2 aromatic carbocycles. The van der Waals surface area contributed by atoms with Crippen molar-refractivity contribution in [2.75, 3.05) is 7.11 Å². The van der Waals surface area contributed by atoms with Crippen LogP contribution < -0.4 is 10.3 Å². The van der Waals surface area contributed by atoms with Crippen LogP contribution in [0.3, 0.4) is 0 Å². The molecule has 2 heterocycles. The van der Waals surface area contributed by atoms with Crippen LogP contribution >= 0.6 is 34.7 Å². The molecule has 4 aromatic rings. The van der Waals surface area contributed by atoms with Crippen LogP contribution in [0.25, 0.3) is 16.2 Å². The number of nitrogens with zero attached hydrogens (tertiary/aromatic N) is 4. The van der Waals surface area contributed by atoms with Gasteiger partial charge in [0.1, 0.15) is 5.75 Å². The van der Waals surface area contributed by atoms with Crippen molar-refractivity contribution >= 4 is 39.7 Å². The van der Waals surface area contributed by atoms with Gasteiger partial charge in [-0.05, 0) is 42.0 Å². The van der Waals surface area contributed by atoms with E-state index in [0.29, 0.717) is 21.3 Å². The fraction of sp³-hybridized carbons (Fsp3) is 0.111. The molecule has 0 bridgehead atoms. The molecule has 6 nitrogen and oxygen atoms in total. The zero-order chi connectivity index (χ0) is 18.8. The van der Waals surface area contributed by atoms with Gasteiger partial charge in [-0.25, -0.2) is 0 Å². The molecule has 0 aliphatic rings. The third-order valence-electron chi connectivity index (χ3n) is 3.81. The Morgan fingerprint density at radius 1 is 1.11 bits per heavy atom. The minimum Gasteiger partial charge on any atom is -0.497 e. The van der Waals surface area contributed by atoms with Crippen LogP contribution in [0.2, 0.25) is 5.02 Å². The van der Waals surface area contributed by atoms with Crippen molar-refractivity contribution in [2.45, 2.75) is 10.1 Å². The van der Waals surface area contributed by atoms with Gasteiger partial charge in [-0.1, -0.05) is 46.8 Å². The number of rotatable bonds is 5. The summed E-state index contributed by atoms with van der Waals surface area (Å²) in [5.74, 6) is 1.44. The lowest BCUT2D eigenvalue weighted by atomic mass is 10.1. The van der Waals surface area contributed by atoms with E-state index in [-0.39, 0.29) is 11.3 Å². The van der Waals surface area contributed by atoms with E-state index in [1.54, 1.807) is 43.1 Å². The lowest BCUT2D eigenvalue weighted by Crippen LogP contribution is -2.19. The fourth-order valence-electron chi connectivity index (χ4n) is 2.41. The second kappa shape index (κ2) is 7.67. The molecule has 0 unspecified atom stereocenters. The van der Waals surface area contributed by atoms with Gasteiger partial charge in [-0.2, -0.15) is 4.52 Å². The van der Waals surface area contributed by atoms with Crippen molar-refractivity contribution in [3.63, 3.8) is 0 Å². The van der Waals surface area contributed by atoms with E-state index in [4.69, 9.17) is 16.3 Å². The van der Waals surface area contributed by atoms with Gasteiger partial charge in [0.15, 0.2) is 10.0 Å². The van der Waals surface area contributed by atoms with E-state index < -0.39 is 0 Å². The molecule has 0 radical (unpaired) electrons. The molecule has 0 saturated heterocycles. The number of hydrogen-bond acceptors (Lipinski definition) is 7. The van der Waals surface area contributed by atoms with Gasteiger partial charge >= 0.3 is 5.56 Å². The second-order valence-electron chi connectivity index (χ2n) is 5.56. The van der Waals surface area contributed by atoms with Crippen LogP contribution in [0.5, 0.6) is 5.75 Å². The normalized spacial score (nSPS) is 11.0. The summed E-state index contributed by atoms with van der Waals surface area (Å²) >= 11 is 8.78. The number of halogens is 1. The zero-order valence-corrected chi connectivity index (χ0v) is 16.5. The largest absolute Gasteiger partial charge is 0.497 e. The molecule has 0 aliphatic carbocycles. The Bertz CT molecular complexity index is 1140. The van der Waals surface area contributed by atoms with Gasteiger partial charge in [-0.15, -0.1) is 15.3 Å². The van der Waals surface area contributed by atoms with E-state index in [0.717, 1.165) is 15.7 Å². The molecule has 0 spiro atoms. The maximum Gasteiger partial charge on any atom is 0.302 e. The number of fused-ring (bicyclic) bond motifs is 1. The summed E-state index contributed by atoms with van der Waals surface area (Å²) < 4.78 is 7.20. The van der Waals surface area contributed by atoms with Gasteiger partial charge in [0, 0.05) is 16.3 Å². The first-order valence-corrected chi connectivity index (χ1v) is 10.1. The maximum atomic E-state index is 12.8. The number of hydrogen-bond donors (Lipinski definition) is 0. The number of thioether (sulfide) groups is 1. The van der Waals surface area contributed by atoms with Crippen molar-refractivity contribution in [3.8, 4) is 17.0 Å². The van der Waals surface area contributed by atoms with E-state index in [1.807, 2.05) is 24.3 Å². The highest BCUT2D eigenvalue weighted by atomic mass is 35.5. The smallest absolute Gasteiger partial charge is 0.302 e. The molecule has 2 aromatic heterocycles. The predicted octanol–water partition coefficient (Wildman–Crippen LogP) is 4.17. The second-order valence-corrected chi connectivity index (χ2v) is 8.17. The average molecular weight is 417 g/mol. The topological polar surface area (TPSA) is 69.4 Å². The number of aromatic nitrogens is 4. The highest BCUT2D eigenvalue weighted by Crippen LogP contribution is 2.27. The van der Waals surface area contributed by atoms with Crippen molar-refractivity contribution in [1.29, 1.82) is 0 Å². The third-order valence-corrected chi connectivity index (χ3v) is 6.17. The molecule has 0 N–H and O–H groups in total. The minimum atomic E-state index is -0.292. The Morgan fingerprint density at radius 2 is 1.85 bits per heavy atom.